The van der Waals surface area contributed by atoms with Crippen LogP contribution < -0.4 is 9.47 Å². The highest BCUT2D eigenvalue weighted by Crippen LogP contribution is 2.34. The van der Waals surface area contributed by atoms with Crippen molar-refractivity contribution in [3.05, 3.63) is 11.9 Å². The second-order valence-electron chi connectivity index (χ2n) is 4.08. The lowest BCUT2D eigenvalue weighted by molar-refractivity contribution is -0.0969. The maximum atomic E-state index is 10.4. The van der Waals surface area contributed by atoms with E-state index >= 15 is 0 Å². The van der Waals surface area contributed by atoms with Crippen molar-refractivity contribution in [2.45, 2.75) is 32.0 Å². The zero-order valence-electron chi connectivity index (χ0n) is 11.4. The Morgan fingerprint density at radius 3 is 2.44 bits per heavy atom. The monoisotopic (exact) mass is 256 g/mol. The fourth-order valence-electron chi connectivity index (χ4n) is 1.54. The molecule has 0 saturated carbocycles. The minimum atomic E-state index is -0.930. The van der Waals surface area contributed by atoms with Crippen molar-refractivity contribution in [1.82, 2.24) is 9.97 Å². The number of aliphatic hydroxyl groups excluding tert-OH is 1. The summed E-state index contributed by atoms with van der Waals surface area (Å²) in [4.78, 5) is 8.23. The van der Waals surface area contributed by atoms with Crippen LogP contribution in [0.4, 0.5) is 0 Å². The average Bonchev–Trinajstić information content (AvgIpc) is 2.44. The lowest BCUT2D eigenvalue weighted by atomic mass is 9.93. The topological polar surface area (TPSA) is 73.7 Å². The van der Waals surface area contributed by atoms with Gasteiger partial charge in [0, 0.05) is 7.11 Å². The second-order valence-corrected chi connectivity index (χ2v) is 4.08. The van der Waals surface area contributed by atoms with E-state index in [1.54, 1.807) is 7.11 Å². The first-order valence-corrected chi connectivity index (χ1v) is 5.70. The normalized spacial score (nSPS) is 15.9. The van der Waals surface area contributed by atoms with Crippen molar-refractivity contribution in [2.75, 3.05) is 21.3 Å². The molecule has 102 valence electrons. The van der Waals surface area contributed by atoms with Crippen molar-refractivity contribution in [3.63, 3.8) is 0 Å². The molecule has 0 aliphatic heterocycles. The molecule has 18 heavy (non-hydrogen) atoms. The molecule has 2 unspecified atom stereocenters. The Morgan fingerprint density at radius 2 is 2.00 bits per heavy atom. The molecular formula is C12H20N2O4. The molecule has 1 aromatic heterocycles. The van der Waals surface area contributed by atoms with Crippen LogP contribution in [-0.4, -0.2) is 42.0 Å². The number of nitrogens with zero attached hydrogens (tertiary/aromatic N) is 2. The molecule has 1 N–H and O–H groups in total. The number of hydrogen-bond donors (Lipinski definition) is 1. The van der Waals surface area contributed by atoms with Gasteiger partial charge in [0.05, 0.1) is 26.0 Å². The van der Waals surface area contributed by atoms with Crippen LogP contribution in [0.5, 0.6) is 11.8 Å². The van der Waals surface area contributed by atoms with Crippen LogP contribution in [0.2, 0.25) is 0 Å². The molecular weight excluding hydrogens is 236 g/mol. The summed E-state index contributed by atoms with van der Waals surface area (Å²) in [5.74, 6) is 0.567. The molecule has 1 heterocycles. The number of hydrogen-bond acceptors (Lipinski definition) is 6. The van der Waals surface area contributed by atoms with Gasteiger partial charge in [0.1, 0.15) is 11.8 Å². The van der Waals surface area contributed by atoms with Gasteiger partial charge in [-0.25, -0.2) is 4.98 Å². The molecule has 0 fully saturated rings. The molecule has 6 nitrogen and oxygen atoms in total. The summed E-state index contributed by atoms with van der Waals surface area (Å²) in [5, 5.41) is 10.4. The molecule has 0 radical (unpaired) electrons. The Labute approximate surface area is 107 Å². The van der Waals surface area contributed by atoms with E-state index < -0.39 is 11.7 Å². The van der Waals surface area contributed by atoms with Gasteiger partial charge in [-0.1, -0.05) is 6.92 Å². The molecule has 1 rings (SSSR count). The molecule has 0 bridgehead atoms. The second kappa shape index (κ2) is 5.97. The standard InChI is InChI=1S/C12H20N2O4/c1-6-12(2,18-5)10(15)9-11(17-4)14-8(16-3)7-13-9/h7,10,15H,6H2,1-5H3. The Kier molecular flexibility index (Phi) is 4.86. The van der Waals surface area contributed by atoms with Crippen molar-refractivity contribution in [3.8, 4) is 11.8 Å². The Balaban J connectivity index is 3.16. The molecule has 6 heteroatoms. The third kappa shape index (κ3) is 2.70. The minimum Gasteiger partial charge on any atom is -0.480 e. The van der Waals surface area contributed by atoms with E-state index in [0.717, 1.165) is 0 Å². The predicted octanol–water partition coefficient (Wildman–Crippen LogP) is 1.34. The van der Waals surface area contributed by atoms with Crippen LogP contribution in [0, 0.1) is 0 Å². The van der Waals surface area contributed by atoms with E-state index in [1.165, 1.54) is 20.4 Å². The summed E-state index contributed by atoms with van der Waals surface area (Å²) in [6.45, 7) is 3.74. The van der Waals surface area contributed by atoms with E-state index in [1.807, 2.05) is 13.8 Å². The van der Waals surface area contributed by atoms with Crippen molar-refractivity contribution < 1.29 is 19.3 Å². The van der Waals surface area contributed by atoms with Crippen LogP contribution in [0.15, 0.2) is 6.20 Å². The molecule has 2 atom stereocenters. The first-order valence-electron chi connectivity index (χ1n) is 5.70. The van der Waals surface area contributed by atoms with E-state index in [9.17, 15) is 5.11 Å². The molecule has 0 amide bonds. The highest BCUT2D eigenvalue weighted by molar-refractivity contribution is 5.26. The molecule has 0 aliphatic rings. The maximum Gasteiger partial charge on any atom is 0.241 e. The van der Waals surface area contributed by atoms with Crippen LogP contribution in [-0.2, 0) is 4.74 Å². The number of aromatic nitrogens is 2. The van der Waals surface area contributed by atoms with Crippen LogP contribution in [0.1, 0.15) is 32.1 Å². The number of ether oxygens (including phenoxy) is 3. The highest BCUT2D eigenvalue weighted by atomic mass is 16.5. The average molecular weight is 256 g/mol. The van der Waals surface area contributed by atoms with Crippen molar-refractivity contribution in [1.29, 1.82) is 0 Å². The Hall–Kier alpha value is -1.40. The first kappa shape index (κ1) is 14.7. The van der Waals surface area contributed by atoms with Crippen LogP contribution in [0.25, 0.3) is 0 Å². The third-order valence-electron chi connectivity index (χ3n) is 3.15. The fraction of sp³-hybridized carbons (Fsp3) is 0.667. The lowest BCUT2D eigenvalue weighted by Gasteiger charge is -2.31. The van der Waals surface area contributed by atoms with Crippen LogP contribution >= 0.6 is 0 Å². The van der Waals surface area contributed by atoms with Gasteiger partial charge in [0.2, 0.25) is 11.8 Å². The molecule has 0 spiro atoms. The summed E-state index contributed by atoms with van der Waals surface area (Å²) < 4.78 is 15.4. The highest BCUT2D eigenvalue weighted by Gasteiger charge is 2.36. The molecule has 0 saturated heterocycles. The zero-order valence-corrected chi connectivity index (χ0v) is 11.4. The smallest absolute Gasteiger partial charge is 0.241 e. The summed E-state index contributed by atoms with van der Waals surface area (Å²) in [6, 6.07) is 0. The van der Waals surface area contributed by atoms with Gasteiger partial charge in [-0.15, -0.1) is 0 Å². The van der Waals surface area contributed by atoms with Crippen LogP contribution in [0.3, 0.4) is 0 Å². The molecule has 0 aromatic carbocycles. The number of rotatable bonds is 6. The summed E-state index contributed by atoms with van der Waals surface area (Å²) in [7, 11) is 4.51. The van der Waals surface area contributed by atoms with Gasteiger partial charge in [0.25, 0.3) is 0 Å². The number of methoxy groups -OCH3 is 3. The zero-order chi connectivity index (χ0) is 13.8. The fourth-order valence-corrected chi connectivity index (χ4v) is 1.54. The quantitative estimate of drug-likeness (QED) is 0.828. The predicted molar refractivity (Wildman–Crippen MR) is 65.8 cm³/mol. The lowest BCUT2D eigenvalue weighted by Crippen LogP contribution is -2.35. The third-order valence-corrected chi connectivity index (χ3v) is 3.15. The molecule has 1 aromatic rings. The van der Waals surface area contributed by atoms with Gasteiger partial charge >= 0.3 is 0 Å². The summed E-state index contributed by atoms with van der Waals surface area (Å²) >= 11 is 0. The SMILES string of the molecule is CCC(C)(OC)C(O)c1ncc(OC)nc1OC. The largest absolute Gasteiger partial charge is 0.480 e. The van der Waals surface area contributed by atoms with Crippen molar-refractivity contribution in [2.24, 2.45) is 0 Å². The minimum absolute atomic E-state index is 0.235. The molecule has 0 aliphatic carbocycles. The maximum absolute atomic E-state index is 10.4. The Morgan fingerprint density at radius 1 is 1.33 bits per heavy atom. The first-order chi connectivity index (χ1) is 8.52. The van der Waals surface area contributed by atoms with E-state index in [0.29, 0.717) is 18.0 Å². The van der Waals surface area contributed by atoms with Gasteiger partial charge < -0.3 is 19.3 Å². The summed E-state index contributed by atoms with van der Waals surface area (Å²) in [5.41, 5.74) is -0.402. The van der Waals surface area contributed by atoms with E-state index in [4.69, 9.17) is 14.2 Å². The van der Waals surface area contributed by atoms with E-state index in [-0.39, 0.29) is 5.88 Å². The van der Waals surface area contributed by atoms with Gasteiger partial charge in [0.15, 0.2) is 0 Å². The number of aliphatic hydroxyl groups is 1. The van der Waals surface area contributed by atoms with Gasteiger partial charge in [-0.3, -0.25) is 0 Å². The van der Waals surface area contributed by atoms with Gasteiger partial charge in [-0.2, -0.15) is 4.98 Å². The Bertz CT molecular complexity index is 394. The summed E-state index contributed by atoms with van der Waals surface area (Å²) in [6.07, 6.45) is 1.13. The van der Waals surface area contributed by atoms with E-state index in [2.05, 4.69) is 9.97 Å². The van der Waals surface area contributed by atoms with Gasteiger partial charge in [-0.05, 0) is 13.3 Å². The van der Waals surface area contributed by atoms with Crippen molar-refractivity contribution >= 4 is 0 Å².